The highest BCUT2D eigenvalue weighted by Crippen LogP contribution is 2.31. The summed E-state index contributed by atoms with van der Waals surface area (Å²) in [6.45, 7) is 3.71. The van der Waals surface area contributed by atoms with Crippen LogP contribution in [0.1, 0.15) is 18.1 Å². The number of hydrogen-bond acceptors (Lipinski definition) is 3. The van der Waals surface area contributed by atoms with Crippen molar-refractivity contribution in [3.63, 3.8) is 0 Å². The van der Waals surface area contributed by atoms with E-state index in [9.17, 15) is 23.1 Å². The van der Waals surface area contributed by atoms with Gasteiger partial charge < -0.3 is 16.2 Å². The second-order valence-electron chi connectivity index (χ2n) is 4.56. The second-order valence-corrected chi connectivity index (χ2v) is 4.56. The fraction of sp³-hybridized carbons (Fsp3) is 0.417. The quantitative estimate of drug-likeness (QED) is 0.775. The van der Waals surface area contributed by atoms with E-state index in [0.29, 0.717) is 12.5 Å². The average Bonchev–Trinajstić information content (AvgIpc) is 2.28. The van der Waals surface area contributed by atoms with E-state index in [2.05, 4.69) is 5.32 Å². The molecule has 1 amide bonds. The number of carbonyl (C=O) groups is 1. The molecular formula is C12H15F3N2O2. The number of carbonyl (C=O) groups excluding carboxylic acids is 1. The molecule has 4 nitrogen and oxygen atoms in total. The molecule has 1 unspecified atom stereocenters. The van der Waals surface area contributed by atoms with Gasteiger partial charge >= 0.3 is 6.18 Å². The number of phenols is 1. The van der Waals surface area contributed by atoms with Crippen LogP contribution >= 0.6 is 0 Å². The molecule has 0 bridgehead atoms. The van der Waals surface area contributed by atoms with Gasteiger partial charge in [-0.05, 0) is 32.4 Å². The Kier molecular flexibility index (Phi) is 3.81. The maximum Gasteiger partial charge on any atom is 0.415 e. The molecule has 0 aliphatic rings. The molecule has 0 aliphatic heterocycles. The molecule has 0 aliphatic carbocycles. The number of aromatic hydroxyl groups is 1. The zero-order valence-electron chi connectivity index (χ0n) is 10.7. The Morgan fingerprint density at radius 1 is 1.32 bits per heavy atom. The van der Waals surface area contributed by atoms with Gasteiger partial charge in [-0.2, -0.15) is 13.2 Å². The lowest BCUT2D eigenvalue weighted by atomic mass is 10.0. The highest BCUT2D eigenvalue weighted by Gasteiger charge is 2.54. The summed E-state index contributed by atoms with van der Waals surface area (Å²) in [6, 6.07) is 2.90. The molecule has 0 heterocycles. The van der Waals surface area contributed by atoms with E-state index >= 15 is 0 Å². The normalized spacial score (nSPS) is 14.9. The monoisotopic (exact) mass is 276 g/mol. The summed E-state index contributed by atoms with van der Waals surface area (Å²) in [4.78, 5) is 11.6. The van der Waals surface area contributed by atoms with Crippen molar-refractivity contribution in [1.82, 2.24) is 0 Å². The predicted octanol–water partition coefficient (Wildman–Crippen LogP) is 2.23. The maximum absolute atomic E-state index is 12.6. The van der Waals surface area contributed by atoms with Gasteiger partial charge in [0.2, 0.25) is 0 Å². The van der Waals surface area contributed by atoms with Gasteiger partial charge in [-0.1, -0.05) is 6.07 Å². The molecule has 1 rings (SSSR count). The molecule has 0 spiro atoms. The lowest BCUT2D eigenvalue weighted by Crippen LogP contribution is -2.59. The minimum absolute atomic E-state index is 0.0801. The molecule has 0 saturated heterocycles. The van der Waals surface area contributed by atoms with Crippen molar-refractivity contribution in [3.8, 4) is 5.75 Å². The van der Waals surface area contributed by atoms with Crippen LogP contribution in [0.4, 0.5) is 18.9 Å². The van der Waals surface area contributed by atoms with Gasteiger partial charge in [0.05, 0.1) is 0 Å². The van der Waals surface area contributed by atoms with Gasteiger partial charge in [-0.25, -0.2) is 0 Å². The number of nitrogens with two attached hydrogens (primary N) is 1. The average molecular weight is 276 g/mol. The van der Waals surface area contributed by atoms with E-state index in [1.165, 1.54) is 19.1 Å². The lowest BCUT2D eigenvalue weighted by molar-refractivity contribution is -0.184. The van der Waals surface area contributed by atoms with Crippen LogP contribution in [0.15, 0.2) is 12.1 Å². The van der Waals surface area contributed by atoms with Crippen LogP contribution in [0.2, 0.25) is 0 Å². The molecule has 106 valence electrons. The van der Waals surface area contributed by atoms with Crippen LogP contribution in [-0.2, 0) is 4.79 Å². The molecule has 19 heavy (non-hydrogen) atoms. The van der Waals surface area contributed by atoms with Gasteiger partial charge in [-0.15, -0.1) is 0 Å². The Morgan fingerprint density at radius 3 is 2.32 bits per heavy atom. The minimum Gasteiger partial charge on any atom is -0.507 e. The smallest absolute Gasteiger partial charge is 0.415 e. The fourth-order valence-electron chi connectivity index (χ4n) is 1.35. The summed E-state index contributed by atoms with van der Waals surface area (Å²) in [5.74, 6) is -1.46. The first-order valence-electron chi connectivity index (χ1n) is 5.44. The molecule has 1 aromatic rings. The van der Waals surface area contributed by atoms with E-state index < -0.39 is 17.6 Å². The van der Waals surface area contributed by atoms with Crippen molar-refractivity contribution < 1.29 is 23.1 Å². The molecule has 4 N–H and O–H groups in total. The van der Waals surface area contributed by atoms with Crippen molar-refractivity contribution in [2.75, 3.05) is 5.32 Å². The zero-order chi connectivity index (χ0) is 15.0. The third-order valence-corrected chi connectivity index (χ3v) is 2.94. The van der Waals surface area contributed by atoms with Crippen molar-refractivity contribution in [1.29, 1.82) is 0 Å². The number of anilines is 1. The molecule has 1 aromatic carbocycles. The van der Waals surface area contributed by atoms with Gasteiger partial charge in [0.1, 0.15) is 5.75 Å². The molecule has 0 radical (unpaired) electrons. The van der Waals surface area contributed by atoms with E-state index in [1.54, 1.807) is 6.92 Å². The topological polar surface area (TPSA) is 75.4 Å². The summed E-state index contributed by atoms with van der Waals surface area (Å²) < 4.78 is 37.8. The number of halogens is 3. The van der Waals surface area contributed by atoms with E-state index in [0.717, 1.165) is 0 Å². The Labute approximate surface area is 108 Å². The van der Waals surface area contributed by atoms with E-state index in [-0.39, 0.29) is 17.0 Å². The first-order chi connectivity index (χ1) is 8.48. The van der Waals surface area contributed by atoms with Crippen molar-refractivity contribution >= 4 is 11.6 Å². The summed E-state index contributed by atoms with van der Waals surface area (Å²) in [6.07, 6.45) is -4.86. The van der Waals surface area contributed by atoms with E-state index in [1.807, 2.05) is 0 Å². The van der Waals surface area contributed by atoms with Gasteiger partial charge in [0.25, 0.3) is 5.91 Å². The van der Waals surface area contributed by atoms with Crippen LogP contribution in [0.5, 0.6) is 5.75 Å². The second kappa shape index (κ2) is 4.73. The zero-order valence-corrected chi connectivity index (χ0v) is 10.7. The Balaban J connectivity index is 3.05. The third-order valence-electron chi connectivity index (χ3n) is 2.94. The number of aryl methyl sites for hydroxylation is 1. The maximum atomic E-state index is 12.6. The highest BCUT2D eigenvalue weighted by molar-refractivity contribution is 5.99. The largest absolute Gasteiger partial charge is 0.507 e. The lowest BCUT2D eigenvalue weighted by Gasteiger charge is -2.26. The SMILES string of the molecule is Cc1ccc(NC(=O)C(C)(N)C(F)(F)F)c(C)c1O. The van der Waals surface area contributed by atoms with Crippen LogP contribution in [-0.4, -0.2) is 22.7 Å². The minimum atomic E-state index is -4.86. The third kappa shape index (κ3) is 2.81. The van der Waals surface area contributed by atoms with Crippen molar-refractivity contribution in [3.05, 3.63) is 23.3 Å². The standard InChI is InChI=1S/C12H15F3N2O2/c1-6-4-5-8(7(2)9(6)18)17-10(19)11(3,16)12(13,14)15/h4-5,18H,16H2,1-3H3,(H,17,19). The van der Waals surface area contributed by atoms with Gasteiger partial charge in [0, 0.05) is 11.3 Å². The molecule has 0 aromatic heterocycles. The number of hydrogen-bond donors (Lipinski definition) is 3. The van der Waals surface area contributed by atoms with Crippen LogP contribution in [0, 0.1) is 13.8 Å². The summed E-state index contributed by atoms with van der Waals surface area (Å²) in [5.41, 5.74) is 2.94. The highest BCUT2D eigenvalue weighted by atomic mass is 19.4. The first kappa shape index (κ1) is 15.3. The summed E-state index contributed by atoms with van der Waals surface area (Å²) in [7, 11) is 0. The summed E-state index contributed by atoms with van der Waals surface area (Å²) >= 11 is 0. The molecule has 1 atom stereocenters. The number of amides is 1. The Hall–Kier alpha value is -1.76. The number of alkyl halides is 3. The molecule has 7 heteroatoms. The summed E-state index contributed by atoms with van der Waals surface area (Å²) in [5, 5.41) is 11.7. The van der Waals surface area contributed by atoms with Crippen LogP contribution in [0.3, 0.4) is 0 Å². The van der Waals surface area contributed by atoms with Crippen molar-refractivity contribution in [2.24, 2.45) is 5.73 Å². The van der Waals surface area contributed by atoms with Gasteiger partial charge in [-0.3, -0.25) is 4.79 Å². The van der Waals surface area contributed by atoms with E-state index in [4.69, 9.17) is 5.73 Å². The van der Waals surface area contributed by atoms with Gasteiger partial charge in [0.15, 0.2) is 5.54 Å². The first-order valence-corrected chi connectivity index (χ1v) is 5.44. The number of benzene rings is 1. The number of rotatable bonds is 2. The van der Waals surface area contributed by atoms with Crippen LogP contribution < -0.4 is 11.1 Å². The number of nitrogens with one attached hydrogen (secondary N) is 1. The Bertz CT molecular complexity index is 510. The van der Waals surface area contributed by atoms with Crippen molar-refractivity contribution in [2.45, 2.75) is 32.5 Å². The molecule has 0 saturated carbocycles. The fourth-order valence-corrected chi connectivity index (χ4v) is 1.35. The molecule has 0 fully saturated rings. The number of phenolic OH excluding ortho intramolecular Hbond substituents is 1. The molecular weight excluding hydrogens is 261 g/mol. The van der Waals surface area contributed by atoms with Crippen LogP contribution in [0.25, 0.3) is 0 Å². The predicted molar refractivity (Wildman–Crippen MR) is 64.9 cm³/mol. The Morgan fingerprint density at radius 2 is 1.84 bits per heavy atom.